The first-order valence-electron chi connectivity index (χ1n) is 7.81. The molecule has 0 spiro atoms. The fourth-order valence-electron chi connectivity index (χ4n) is 2.78. The Labute approximate surface area is 122 Å². The molecule has 0 saturated carbocycles. The van der Waals surface area contributed by atoms with E-state index in [1.54, 1.807) is 7.11 Å². The molecule has 0 aromatic carbocycles. The lowest BCUT2D eigenvalue weighted by Gasteiger charge is -2.36. The van der Waals surface area contributed by atoms with E-state index in [0.29, 0.717) is 26.4 Å². The van der Waals surface area contributed by atoms with Gasteiger partial charge in [0.1, 0.15) is 0 Å². The Hall–Kier alpha value is -0.650. The topological polar surface area (TPSA) is 59.6 Å². The molecule has 1 saturated heterocycles. The summed E-state index contributed by atoms with van der Waals surface area (Å²) in [7, 11) is 1.66. The predicted octanol–water partition coefficient (Wildman–Crippen LogP) is 1.33. The van der Waals surface area contributed by atoms with Crippen LogP contribution in [0, 0.1) is 5.41 Å². The normalized spacial score (nSPS) is 17.9. The summed E-state index contributed by atoms with van der Waals surface area (Å²) in [5.74, 6) is 0.234. The monoisotopic (exact) mass is 286 g/mol. The third-order valence-corrected chi connectivity index (χ3v) is 3.95. The number of rotatable bonds is 10. The van der Waals surface area contributed by atoms with Gasteiger partial charge in [0.05, 0.1) is 18.6 Å². The number of methoxy groups -OCH3 is 1. The maximum absolute atomic E-state index is 12.4. The van der Waals surface area contributed by atoms with Crippen molar-refractivity contribution >= 4 is 5.91 Å². The fraction of sp³-hybridized carbons (Fsp3) is 0.933. The summed E-state index contributed by atoms with van der Waals surface area (Å²) in [6.07, 6.45) is 4.82. The van der Waals surface area contributed by atoms with Crippen molar-refractivity contribution in [3.8, 4) is 0 Å². The Balaban J connectivity index is 2.21. The number of amides is 1. The van der Waals surface area contributed by atoms with E-state index in [1.807, 2.05) is 0 Å². The van der Waals surface area contributed by atoms with Crippen LogP contribution in [0.3, 0.4) is 0 Å². The molecule has 0 aliphatic carbocycles. The molecule has 20 heavy (non-hydrogen) atoms. The third kappa shape index (κ3) is 5.77. The van der Waals surface area contributed by atoms with Crippen LogP contribution in [-0.2, 0) is 14.3 Å². The van der Waals surface area contributed by atoms with Crippen LogP contribution in [0.5, 0.6) is 0 Å². The lowest BCUT2D eigenvalue weighted by atomic mass is 9.74. The molecule has 1 aliphatic heterocycles. The number of nitrogens with one attached hydrogen (secondary N) is 2. The van der Waals surface area contributed by atoms with Crippen LogP contribution >= 0.6 is 0 Å². The van der Waals surface area contributed by atoms with Gasteiger partial charge in [-0.05, 0) is 38.8 Å². The van der Waals surface area contributed by atoms with Crippen LogP contribution in [-0.4, -0.2) is 52.5 Å². The Morgan fingerprint density at radius 1 is 1.25 bits per heavy atom. The van der Waals surface area contributed by atoms with Crippen molar-refractivity contribution in [2.75, 3.05) is 46.6 Å². The highest BCUT2D eigenvalue weighted by molar-refractivity contribution is 5.82. The fourth-order valence-corrected chi connectivity index (χ4v) is 2.78. The van der Waals surface area contributed by atoms with Gasteiger partial charge in [0.25, 0.3) is 0 Å². The van der Waals surface area contributed by atoms with E-state index in [2.05, 4.69) is 17.6 Å². The molecule has 0 aromatic heterocycles. The molecule has 2 N–H and O–H groups in total. The molecule has 1 aliphatic rings. The van der Waals surface area contributed by atoms with Gasteiger partial charge < -0.3 is 20.1 Å². The molecule has 0 atom stereocenters. The van der Waals surface area contributed by atoms with Gasteiger partial charge in [-0.2, -0.15) is 0 Å². The second kappa shape index (κ2) is 10.1. The van der Waals surface area contributed by atoms with E-state index in [-0.39, 0.29) is 11.3 Å². The number of carbonyl (C=O) groups excluding carboxylic acids is 1. The van der Waals surface area contributed by atoms with Gasteiger partial charge in [0, 0.05) is 20.3 Å². The minimum Gasteiger partial charge on any atom is -0.382 e. The highest BCUT2D eigenvalue weighted by Crippen LogP contribution is 2.34. The van der Waals surface area contributed by atoms with Crippen molar-refractivity contribution in [3.05, 3.63) is 0 Å². The second-order valence-corrected chi connectivity index (χ2v) is 5.49. The molecule has 1 amide bonds. The summed E-state index contributed by atoms with van der Waals surface area (Å²) >= 11 is 0. The summed E-state index contributed by atoms with van der Waals surface area (Å²) < 4.78 is 10.3. The predicted molar refractivity (Wildman–Crippen MR) is 79.8 cm³/mol. The maximum atomic E-state index is 12.4. The Morgan fingerprint density at radius 3 is 2.65 bits per heavy atom. The Morgan fingerprint density at radius 2 is 2.00 bits per heavy atom. The van der Waals surface area contributed by atoms with Crippen molar-refractivity contribution in [2.45, 2.75) is 39.0 Å². The van der Waals surface area contributed by atoms with E-state index in [9.17, 15) is 4.79 Å². The molecule has 0 aromatic rings. The number of piperidine rings is 1. The Bertz CT molecular complexity index is 260. The van der Waals surface area contributed by atoms with Crippen LogP contribution in [0.4, 0.5) is 0 Å². The van der Waals surface area contributed by atoms with E-state index in [1.165, 1.54) is 0 Å². The van der Waals surface area contributed by atoms with Crippen LogP contribution < -0.4 is 10.6 Å². The number of hydrogen-bond donors (Lipinski definition) is 2. The van der Waals surface area contributed by atoms with Crippen LogP contribution in [0.2, 0.25) is 0 Å². The quantitative estimate of drug-likeness (QED) is 0.595. The minimum atomic E-state index is -0.142. The molecule has 0 unspecified atom stereocenters. The van der Waals surface area contributed by atoms with E-state index < -0.39 is 0 Å². The molecule has 1 rings (SSSR count). The summed E-state index contributed by atoms with van der Waals surface area (Å²) in [4.78, 5) is 12.4. The third-order valence-electron chi connectivity index (χ3n) is 3.95. The molecule has 0 bridgehead atoms. The van der Waals surface area contributed by atoms with Crippen LogP contribution in [0.25, 0.3) is 0 Å². The summed E-state index contributed by atoms with van der Waals surface area (Å²) in [6.45, 7) is 6.67. The van der Waals surface area contributed by atoms with Crippen molar-refractivity contribution in [1.29, 1.82) is 0 Å². The van der Waals surface area contributed by atoms with Crippen molar-refractivity contribution in [1.82, 2.24) is 10.6 Å². The van der Waals surface area contributed by atoms with E-state index in [0.717, 1.165) is 45.2 Å². The van der Waals surface area contributed by atoms with Gasteiger partial charge in [0.15, 0.2) is 0 Å². The zero-order valence-corrected chi connectivity index (χ0v) is 13.0. The van der Waals surface area contributed by atoms with Crippen molar-refractivity contribution in [3.63, 3.8) is 0 Å². The summed E-state index contributed by atoms with van der Waals surface area (Å²) in [5, 5.41) is 6.43. The van der Waals surface area contributed by atoms with Crippen molar-refractivity contribution < 1.29 is 14.3 Å². The van der Waals surface area contributed by atoms with E-state index in [4.69, 9.17) is 9.47 Å². The van der Waals surface area contributed by atoms with Crippen molar-refractivity contribution in [2.24, 2.45) is 5.41 Å². The average molecular weight is 286 g/mol. The molecule has 5 heteroatoms. The zero-order chi connectivity index (χ0) is 14.7. The molecular formula is C15H30N2O3. The van der Waals surface area contributed by atoms with Gasteiger partial charge in [-0.25, -0.2) is 0 Å². The summed E-state index contributed by atoms with van der Waals surface area (Å²) in [5.41, 5.74) is -0.142. The molecule has 1 heterocycles. The molecule has 0 radical (unpaired) electrons. The van der Waals surface area contributed by atoms with Gasteiger partial charge in [-0.15, -0.1) is 0 Å². The minimum absolute atomic E-state index is 0.142. The zero-order valence-electron chi connectivity index (χ0n) is 13.0. The van der Waals surface area contributed by atoms with Gasteiger partial charge in [-0.1, -0.05) is 13.3 Å². The lowest BCUT2D eigenvalue weighted by molar-refractivity contribution is -0.133. The highest BCUT2D eigenvalue weighted by atomic mass is 16.5. The average Bonchev–Trinajstić information content (AvgIpc) is 2.47. The van der Waals surface area contributed by atoms with Crippen LogP contribution in [0.1, 0.15) is 39.0 Å². The number of hydrogen-bond acceptors (Lipinski definition) is 4. The lowest BCUT2D eigenvalue weighted by Crippen LogP contribution is -2.47. The molecule has 1 fully saturated rings. The molecule has 5 nitrogen and oxygen atoms in total. The van der Waals surface area contributed by atoms with E-state index >= 15 is 0 Å². The first-order valence-corrected chi connectivity index (χ1v) is 7.81. The molecular weight excluding hydrogens is 256 g/mol. The number of carbonyl (C=O) groups is 1. The SMILES string of the molecule is CCCC1(C(=O)NCCCOCCOC)CCNCC1. The highest BCUT2D eigenvalue weighted by Gasteiger charge is 2.38. The maximum Gasteiger partial charge on any atom is 0.226 e. The van der Waals surface area contributed by atoms with Gasteiger partial charge >= 0.3 is 0 Å². The standard InChI is InChI=1S/C15H30N2O3/c1-3-5-15(6-9-16-10-7-15)14(18)17-8-4-11-20-13-12-19-2/h16H,3-13H2,1-2H3,(H,17,18). The van der Waals surface area contributed by atoms with Crippen LogP contribution in [0.15, 0.2) is 0 Å². The number of ether oxygens (including phenoxy) is 2. The second-order valence-electron chi connectivity index (χ2n) is 5.49. The largest absolute Gasteiger partial charge is 0.382 e. The molecule has 118 valence electrons. The first-order chi connectivity index (χ1) is 9.75. The first kappa shape index (κ1) is 17.4. The van der Waals surface area contributed by atoms with Gasteiger partial charge in [0.2, 0.25) is 5.91 Å². The van der Waals surface area contributed by atoms with Gasteiger partial charge in [-0.3, -0.25) is 4.79 Å². The summed E-state index contributed by atoms with van der Waals surface area (Å²) in [6, 6.07) is 0. The smallest absolute Gasteiger partial charge is 0.226 e. The Kier molecular flexibility index (Phi) is 8.82.